The Hall–Kier alpha value is -5.92. The summed E-state index contributed by atoms with van der Waals surface area (Å²) in [6.45, 7) is 8.77. The molecule has 2 aliphatic rings. The van der Waals surface area contributed by atoms with Gasteiger partial charge < -0.3 is 39.9 Å². The number of nitrogens with zero attached hydrogens (tertiary/aromatic N) is 4. The highest BCUT2D eigenvalue weighted by Gasteiger charge is 2.40. The lowest BCUT2D eigenvalue weighted by atomic mass is 9.96. The number of benzene rings is 3. The molecule has 4 N–H and O–H groups in total. The van der Waals surface area contributed by atoms with Crippen molar-refractivity contribution in [3.05, 3.63) is 72.4 Å². The van der Waals surface area contributed by atoms with E-state index in [9.17, 15) is 19.2 Å². The minimum Gasteiger partial charge on any atom is -0.453 e. The third-order valence-electron chi connectivity index (χ3n) is 10.8. The van der Waals surface area contributed by atoms with Crippen molar-refractivity contribution in [1.82, 2.24) is 40.4 Å². The monoisotopic (exact) mass is 748 g/mol. The number of ether oxygens (including phenoxy) is 2. The van der Waals surface area contributed by atoms with Crippen LogP contribution >= 0.6 is 0 Å². The van der Waals surface area contributed by atoms with Crippen LogP contribution < -0.4 is 10.6 Å². The van der Waals surface area contributed by atoms with Crippen LogP contribution in [0.4, 0.5) is 9.59 Å². The molecule has 3 aromatic carbocycles. The second kappa shape index (κ2) is 15.4. The second-order valence-electron chi connectivity index (χ2n) is 15.1. The number of carbonyl (C=O) groups is 4. The minimum absolute atomic E-state index is 0.104. The van der Waals surface area contributed by atoms with Gasteiger partial charge in [-0.15, -0.1) is 0 Å². The molecule has 4 heterocycles. The molecule has 0 saturated carbocycles. The van der Waals surface area contributed by atoms with E-state index in [-0.39, 0.29) is 35.7 Å². The van der Waals surface area contributed by atoms with Gasteiger partial charge in [0.05, 0.1) is 49.2 Å². The molecule has 1 unspecified atom stereocenters. The fourth-order valence-electron chi connectivity index (χ4n) is 7.62. The SMILES string of the molecule is COC(=O)NC(C(=O)N1CCC[C@H]1c1ncc(-c2ccc3cc(-c4ccc5nc([C@@H]6CCN6C(=O)[C@@H](NC(=O)OC)C(C)C)[nH]c5c4)ccc3c2)[nH]1)C(C)C. The van der Waals surface area contributed by atoms with Crippen LogP contribution in [-0.4, -0.2) is 93.1 Å². The molecule has 0 aliphatic carbocycles. The van der Waals surface area contributed by atoms with Crippen molar-refractivity contribution in [1.29, 1.82) is 0 Å². The summed E-state index contributed by atoms with van der Waals surface area (Å²) >= 11 is 0. The van der Waals surface area contributed by atoms with Crippen LogP contribution in [0, 0.1) is 11.8 Å². The summed E-state index contributed by atoms with van der Waals surface area (Å²) in [6, 6.07) is 17.0. The smallest absolute Gasteiger partial charge is 0.407 e. The number of aromatic nitrogens is 4. The van der Waals surface area contributed by atoms with E-state index >= 15 is 0 Å². The Labute approximate surface area is 319 Å². The number of imidazole rings is 2. The Morgan fingerprint density at radius 3 is 1.87 bits per heavy atom. The van der Waals surface area contributed by atoms with Gasteiger partial charge in [-0.1, -0.05) is 58.0 Å². The Balaban J connectivity index is 1.06. The van der Waals surface area contributed by atoms with Crippen molar-refractivity contribution in [2.45, 2.75) is 71.1 Å². The minimum atomic E-state index is -0.691. The Bertz CT molecular complexity index is 2240. The highest BCUT2D eigenvalue weighted by Crippen LogP contribution is 2.36. The van der Waals surface area contributed by atoms with Crippen LogP contribution in [0.1, 0.15) is 70.7 Å². The van der Waals surface area contributed by atoms with Gasteiger partial charge in [-0.05, 0) is 77.3 Å². The highest BCUT2D eigenvalue weighted by atomic mass is 16.5. The fraction of sp³-hybridized carbons (Fsp3) is 0.415. The summed E-state index contributed by atoms with van der Waals surface area (Å²) in [5, 5.41) is 7.54. The van der Waals surface area contributed by atoms with Gasteiger partial charge in [0.25, 0.3) is 0 Å². The molecule has 4 atom stereocenters. The molecule has 5 aromatic rings. The summed E-state index contributed by atoms with van der Waals surface area (Å²) in [7, 11) is 2.58. The van der Waals surface area contributed by atoms with E-state index < -0.39 is 24.3 Å². The first kappa shape index (κ1) is 37.4. The predicted octanol–water partition coefficient (Wildman–Crippen LogP) is 6.47. The number of amides is 4. The molecule has 2 aliphatic heterocycles. The standard InChI is InChI=1S/C41H48N8O6/c1-22(2)34(46-40(52)54-5)38(50)48-16-7-8-32(48)36-42-21-31(45-36)28-12-11-24-18-25(9-10-26(24)19-28)27-13-14-29-30(20-27)44-37(43-29)33-15-17-49(33)39(51)35(23(3)4)47-41(53)55-6/h9-14,18-23,32-35H,7-8,15-17H2,1-6H3,(H,42,45)(H,43,44)(H,46,52)(H,47,53)/t32-,33-,34?,35-/m0/s1. The lowest BCUT2D eigenvalue weighted by molar-refractivity contribution is -0.142. The van der Waals surface area contributed by atoms with E-state index in [1.807, 2.05) is 44.9 Å². The molecule has 0 spiro atoms. The number of likely N-dealkylation sites (tertiary alicyclic amines) is 2. The number of rotatable bonds is 10. The lowest BCUT2D eigenvalue weighted by Gasteiger charge is -2.42. The number of hydrogen-bond donors (Lipinski definition) is 4. The number of aromatic amines is 2. The first-order valence-electron chi connectivity index (χ1n) is 18.8. The van der Waals surface area contributed by atoms with Gasteiger partial charge in [0.2, 0.25) is 11.8 Å². The molecule has 2 saturated heterocycles. The lowest BCUT2D eigenvalue weighted by Crippen LogP contribution is -2.56. The van der Waals surface area contributed by atoms with Gasteiger partial charge in [-0.25, -0.2) is 19.6 Å². The maximum absolute atomic E-state index is 13.6. The number of H-pyrrole nitrogens is 2. The summed E-state index contributed by atoms with van der Waals surface area (Å²) < 4.78 is 9.50. The Morgan fingerprint density at radius 2 is 1.27 bits per heavy atom. The van der Waals surface area contributed by atoms with Crippen molar-refractivity contribution in [3.63, 3.8) is 0 Å². The molecule has 55 heavy (non-hydrogen) atoms. The maximum atomic E-state index is 13.6. The first-order chi connectivity index (χ1) is 26.4. The van der Waals surface area contributed by atoms with E-state index in [1.54, 1.807) is 4.90 Å². The topological polar surface area (TPSA) is 175 Å². The molecule has 7 rings (SSSR count). The number of hydrogen-bond acceptors (Lipinski definition) is 8. The molecule has 288 valence electrons. The van der Waals surface area contributed by atoms with Crippen LogP contribution in [0.3, 0.4) is 0 Å². The van der Waals surface area contributed by atoms with Crippen LogP contribution in [0.5, 0.6) is 0 Å². The van der Waals surface area contributed by atoms with Gasteiger partial charge in [0.1, 0.15) is 23.7 Å². The molecular weight excluding hydrogens is 701 g/mol. The number of fused-ring (bicyclic) bond motifs is 2. The fourth-order valence-corrected chi connectivity index (χ4v) is 7.62. The average Bonchev–Trinajstić information content (AvgIpc) is 3.94. The van der Waals surface area contributed by atoms with Crippen molar-refractivity contribution in [2.24, 2.45) is 11.8 Å². The van der Waals surface area contributed by atoms with Gasteiger partial charge in [-0.3, -0.25) is 9.59 Å². The highest BCUT2D eigenvalue weighted by molar-refractivity contribution is 5.92. The zero-order chi connectivity index (χ0) is 39.0. The maximum Gasteiger partial charge on any atom is 0.407 e. The summed E-state index contributed by atoms with van der Waals surface area (Å²) in [5.74, 6) is 0.946. The molecule has 0 bridgehead atoms. The number of carbonyl (C=O) groups excluding carboxylic acids is 4. The number of nitrogens with one attached hydrogen (secondary N) is 4. The van der Waals surface area contributed by atoms with E-state index in [4.69, 9.17) is 19.4 Å². The third kappa shape index (κ3) is 7.45. The van der Waals surface area contributed by atoms with Crippen molar-refractivity contribution in [3.8, 4) is 22.4 Å². The summed E-state index contributed by atoms with van der Waals surface area (Å²) in [4.78, 5) is 70.9. The summed E-state index contributed by atoms with van der Waals surface area (Å²) in [5.41, 5.74) is 5.64. The normalized spacial score (nSPS) is 18.0. The average molecular weight is 749 g/mol. The van der Waals surface area contributed by atoms with Crippen LogP contribution in [0.25, 0.3) is 44.2 Å². The molecule has 14 heteroatoms. The van der Waals surface area contributed by atoms with Crippen molar-refractivity contribution in [2.75, 3.05) is 27.3 Å². The molecule has 2 aromatic heterocycles. The third-order valence-corrected chi connectivity index (χ3v) is 10.8. The van der Waals surface area contributed by atoms with E-state index in [0.717, 1.165) is 75.1 Å². The van der Waals surface area contributed by atoms with Gasteiger partial charge in [-0.2, -0.15) is 0 Å². The van der Waals surface area contributed by atoms with Gasteiger partial charge in [0.15, 0.2) is 0 Å². The molecule has 2 fully saturated rings. The molecule has 14 nitrogen and oxygen atoms in total. The first-order valence-corrected chi connectivity index (χ1v) is 18.8. The van der Waals surface area contributed by atoms with E-state index in [2.05, 4.69) is 69.1 Å². The number of methoxy groups -OCH3 is 2. The molecular formula is C41H48N8O6. The summed E-state index contributed by atoms with van der Waals surface area (Å²) in [6.07, 6.45) is 2.96. The van der Waals surface area contributed by atoms with Crippen molar-refractivity contribution < 1.29 is 28.7 Å². The quantitative estimate of drug-likeness (QED) is 0.126. The van der Waals surface area contributed by atoms with Crippen molar-refractivity contribution >= 4 is 45.8 Å². The zero-order valence-corrected chi connectivity index (χ0v) is 32.0. The van der Waals surface area contributed by atoms with Crippen LogP contribution in [0.2, 0.25) is 0 Å². The predicted molar refractivity (Wildman–Crippen MR) is 208 cm³/mol. The van der Waals surface area contributed by atoms with Gasteiger partial charge in [0, 0.05) is 18.7 Å². The largest absolute Gasteiger partial charge is 0.453 e. The second-order valence-corrected chi connectivity index (χ2v) is 15.1. The Morgan fingerprint density at radius 1 is 0.709 bits per heavy atom. The zero-order valence-electron chi connectivity index (χ0n) is 32.0. The van der Waals surface area contributed by atoms with E-state index in [0.29, 0.717) is 13.1 Å². The Kier molecular flexibility index (Phi) is 10.5. The van der Waals surface area contributed by atoms with Gasteiger partial charge >= 0.3 is 12.2 Å². The van der Waals surface area contributed by atoms with Crippen LogP contribution in [-0.2, 0) is 19.1 Å². The number of alkyl carbamates (subject to hydrolysis) is 2. The van der Waals surface area contributed by atoms with Crippen LogP contribution in [0.15, 0.2) is 60.8 Å². The molecule has 0 radical (unpaired) electrons. The van der Waals surface area contributed by atoms with E-state index in [1.165, 1.54) is 14.2 Å². The molecule has 4 amide bonds.